The Balaban J connectivity index is 2.64. The smallest absolute Gasteiger partial charge is 0.326 e. The first-order valence-electron chi connectivity index (χ1n) is 5.31. The van der Waals surface area contributed by atoms with Gasteiger partial charge in [-0.05, 0) is 30.9 Å². The monoisotopic (exact) mass is 246 g/mol. The summed E-state index contributed by atoms with van der Waals surface area (Å²) in [6.45, 7) is 0.928. The predicted molar refractivity (Wildman–Crippen MR) is 63.3 cm³/mol. The van der Waals surface area contributed by atoms with Gasteiger partial charge in [0, 0.05) is 13.0 Å². The second-order valence-corrected chi connectivity index (χ2v) is 4.97. The number of hydrogen-bond donors (Lipinski definition) is 2. The summed E-state index contributed by atoms with van der Waals surface area (Å²) in [6, 6.07) is -0.684. The molecule has 0 bridgehead atoms. The number of carbonyl (C=O) groups excluding carboxylic acids is 1. The first-order valence-corrected chi connectivity index (χ1v) is 6.70. The molecular weight excluding hydrogens is 228 g/mol. The predicted octanol–water partition coefficient (Wildman–Crippen LogP) is -0.0001000. The Morgan fingerprint density at radius 3 is 2.88 bits per heavy atom. The average molecular weight is 246 g/mol. The van der Waals surface area contributed by atoms with Crippen LogP contribution >= 0.6 is 11.8 Å². The molecule has 1 aliphatic rings. The molecule has 0 aromatic carbocycles. The van der Waals surface area contributed by atoms with E-state index in [-0.39, 0.29) is 11.8 Å². The van der Waals surface area contributed by atoms with Gasteiger partial charge in [-0.15, -0.1) is 0 Å². The van der Waals surface area contributed by atoms with E-state index in [2.05, 4.69) is 0 Å². The van der Waals surface area contributed by atoms with Crippen molar-refractivity contribution in [1.82, 2.24) is 4.90 Å². The van der Waals surface area contributed by atoms with E-state index in [9.17, 15) is 9.59 Å². The number of nitrogens with two attached hydrogens (primary N) is 1. The second-order valence-electron chi connectivity index (χ2n) is 3.99. The highest BCUT2D eigenvalue weighted by Gasteiger charge is 2.36. The largest absolute Gasteiger partial charge is 0.480 e. The van der Waals surface area contributed by atoms with Crippen LogP contribution < -0.4 is 5.73 Å². The maximum absolute atomic E-state index is 11.7. The molecule has 1 heterocycles. The molecule has 0 radical (unpaired) electrons. The summed E-state index contributed by atoms with van der Waals surface area (Å²) in [5, 5.41) is 9.10. The Bertz CT molecular complexity index is 273. The van der Waals surface area contributed by atoms with Gasteiger partial charge in [0.05, 0.1) is 0 Å². The summed E-state index contributed by atoms with van der Waals surface area (Å²) in [6.07, 6.45) is 2.81. The normalized spacial score (nSPS) is 22.5. The highest BCUT2D eigenvalue weighted by molar-refractivity contribution is 7.98. The van der Waals surface area contributed by atoms with Gasteiger partial charge in [-0.3, -0.25) is 4.79 Å². The molecule has 16 heavy (non-hydrogen) atoms. The number of amides is 1. The average Bonchev–Trinajstić information content (AvgIpc) is 2.60. The molecule has 1 rings (SSSR count). The summed E-state index contributed by atoms with van der Waals surface area (Å²) in [5.41, 5.74) is 5.50. The Kier molecular flexibility index (Phi) is 5.08. The maximum Gasteiger partial charge on any atom is 0.326 e. The summed E-state index contributed by atoms with van der Waals surface area (Å²) in [5.74, 6) is -0.138. The third-order valence-electron chi connectivity index (χ3n) is 2.83. The lowest BCUT2D eigenvalue weighted by Gasteiger charge is -2.24. The van der Waals surface area contributed by atoms with E-state index in [1.165, 1.54) is 4.90 Å². The highest BCUT2D eigenvalue weighted by Crippen LogP contribution is 2.21. The van der Waals surface area contributed by atoms with Gasteiger partial charge in [-0.1, -0.05) is 0 Å². The number of carboxylic acids is 1. The molecule has 0 aliphatic carbocycles. The molecule has 1 fully saturated rings. The van der Waals surface area contributed by atoms with Crippen molar-refractivity contribution in [3.8, 4) is 0 Å². The third-order valence-corrected chi connectivity index (χ3v) is 3.47. The minimum absolute atomic E-state index is 0.0797. The lowest BCUT2D eigenvalue weighted by Crippen LogP contribution is -2.42. The van der Waals surface area contributed by atoms with Crippen LogP contribution in [-0.4, -0.2) is 53.0 Å². The molecule has 1 amide bonds. The van der Waals surface area contributed by atoms with Gasteiger partial charge in [-0.2, -0.15) is 11.8 Å². The maximum atomic E-state index is 11.7. The van der Waals surface area contributed by atoms with E-state index < -0.39 is 12.0 Å². The van der Waals surface area contributed by atoms with Crippen LogP contribution in [0, 0.1) is 5.92 Å². The van der Waals surface area contributed by atoms with Crippen LogP contribution in [0.1, 0.15) is 12.8 Å². The fraction of sp³-hybridized carbons (Fsp3) is 0.800. The summed E-state index contributed by atoms with van der Waals surface area (Å²) in [4.78, 5) is 24.2. The van der Waals surface area contributed by atoms with Gasteiger partial charge in [-0.25, -0.2) is 4.79 Å². The van der Waals surface area contributed by atoms with Crippen molar-refractivity contribution < 1.29 is 14.7 Å². The van der Waals surface area contributed by atoms with Crippen molar-refractivity contribution in [3.63, 3.8) is 0 Å². The van der Waals surface area contributed by atoms with E-state index >= 15 is 0 Å². The Labute approximate surface area is 99.4 Å². The molecule has 92 valence electrons. The quantitative estimate of drug-likeness (QED) is 0.689. The van der Waals surface area contributed by atoms with Crippen molar-refractivity contribution in [1.29, 1.82) is 0 Å². The molecule has 0 spiro atoms. The molecule has 0 saturated carbocycles. The van der Waals surface area contributed by atoms with Gasteiger partial charge < -0.3 is 15.7 Å². The van der Waals surface area contributed by atoms with Crippen molar-refractivity contribution >= 4 is 23.6 Å². The molecule has 6 heteroatoms. The van der Waals surface area contributed by atoms with E-state index in [4.69, 9.17) is 10.8 Å². The van der Waals surface area contributed by atoms with Crippen molar-refractivity contribution in [2.45, 2.75) is 18.9 Å². The first kappa shape index (κ1) is 13.3. The summed E-state index contributed by atoms with van der Waals surface area (Å²) >= 11 is 1.59. The standard InChI is InChI=1S/C10H18N2O3S/c1-16-3-2-8(10(14)15)12-6-7(5-11)4-9(12)13/h7-8H,2-6,11H2,1H3,(H,14,15). The second kappa shape index (κ2) is 6.10. The van der Waals surface area contributed by atoms with Crippen LogP contribution in [0.3, 0.4) is 0 Å². The zero-order valence-corrected chi connectivity index (χ0v) is 10.2. The molecular formula is C10H18N2O3S. The van der Waals surface area contributed by atoms with E-state index in [0.29, 0.717) is 25.9 Å². The van der Waals surface area contributed by atoms with Crippen molar-refractivity contribution in [3.05, 3.63) is 0 Å². The number of thioether (sulfide) groups is 1. The van der Waals surface area contributed by atoms with Crippen LogP contribution in [0.2, 0.25) is 0 Å². The summed E-state index contributed by atoms with van der Waals surface area (Å²) < 4.78 is 0. The molecule has 0 aromatic rings. The Morgan fingerprint density at radius 2 is 2.44 bits per heavy atom. The van der Waals surface area contributed by atoms with Crippen LogP contribution in [0.15, 0.2) is 0 Å². The third kappa shape index (κ3) is 3.12. The molecule has 0 aromatic heterocycles. The number of likely N-dealkylation sites (tertiary alicyclic amines) is 1. The lowest BCUT2D eigenvalue weighted by atomic mass is 10.1. The molecule has 1 saturated heterocycles. The van der Waals surface area contributed by atoms with Gasteiger partial charge in [0.1, 0.15) is 6.04 Å². The molecule has 3 N–H and O–H groups in total. The lowest BCUT2D eigenvalue weighted by molar-refractivity contribution is -0.148. The van der Waals surface area contributed by atoms with Crippen molar-refractivity contribution in [2.75, 3.05) is 25.1 Å². The van der Waals surface area contributed by atoms with Gasteiger partial charge in [0.2, 0.25) is 5.91 Å². The zero-order valence-electron chi connectivity index (χ0n) is 9.39. The van der Waals surface area contributed by atoms with Crippen LogP contribution in [0.25, 0.3) is 0 Å². The van der Waals surface area contributed by atoms with Gasteiger partial charge in [0.25, 0.3) is 0 Å². The van der Waals surface area contributed by atoms with Crippen LogP contribution in [0.4, 0.5) is 0 Å². The fourth-order valence-electron chi connectivity index (χ4n) is 1.91. The van der Waals surface area contributed by atoms with Crippen molar-refractivity contribution in [2.24, 2.45) is 11.7 Å². The number of hydrogen-bond acceptors (Lipinski definition) is 4. The number of nitrogens with zero attached hydrogens (tertiary/aromatic N) is 1. The van der Waals surface area contributed by atoms with Gasteiger partial charge >= 0.3 is 5.97 Å². The topological polar surface area (TPSA) is 83.6 Å². The number of aliphatic carboxylic acids is 1. The molecule has 1 aliphatic heterocycles. The first-order chi connectivity index (χ1) is 7.60. The zero-order chi connectivity index (χ0) is 12.1. The SMILES string of the molecule is CSCCC(C(=O)O)N1CC(CN)CC1=O. The van der Waals surface area contributed by atoms with E-state index in [1.807, 2.05) is 6.26 Å². The number of carboxylic acid groups (broad SMARTS) is 1. The minimum atomic E-state index is -0.917. The van der Waals surface area contributed by atoms with Crippen LogP contribution in [-0.2, 0) is 9.59 Å². The van der Waals surface area contributed by atoms with Crippen LogP contribution in [0.5, 0.6) is 0 Å². The molecule has 2 unspecified atom stereocenters. The molecule has 2 atom stereocenters. The Hall–Kier alpha value is -0.750. The number of rotatable bonds is 6. The highest BCUT2D eigenvalue weighted by atomic mass is 32.2. The summed E-state index contributed by atoms with van der Waals surface area (Å²) in [7, 11) is 0. The number of carbonyl (C=O) groups is 2. The van der Waals surface area contributed by atoms with E-state index in [0.717, 1.165) is 5.75 Å². The fourth-order valence-corrected chi connectivity index (χ4v) is 2.37. The van der Waals surface area contributed by atoms with E-state index in [1.54, 1.807) is 11.8 Å². The van der Waals surface area contributed by atoms with Gasteiger partial charge in [0.15, 0.2) is 0 Å². The Morgan fingerprint density at radius 1 is 1.75 bits per heavy atom. The molecule has 5 nitrogen and oxygen atoms in total. The minimum Gasteiger partial charge on any atom is -0.480 e.